The third-order valence-corrected chi connectivity index (χ3v) is 5.78. The summed E-state index contributed by atoms with van der Waals surface area (Å²) >= 11 is 0. The number of amidine groups is 1. The number of carbonyl (C=O) groups excluding carboxylic acids is 2. The quantitative estimate of drug-likeness (QED) is 0.441. The summed E-state index contributed by atoms with van der Waals surface area (Å²) in [4.78, 5) is 26.8. The van der Waals surface area contributed by atoms with Crippen molar-refractivity contribution in [1.29, 1.82) is 5.41 Å². The second-order valence-electron chi connectivity index (χ2n) is 7.59. The number of hydrogen-bond acceptors (Lipinski definition) is 4. The van der Waals surface area contributed by atoms with Gasteiger partial charge in [0.1, 0.15) is 11.9 Å². The number of nitrogens with zero attached hydrogens (tertiary/aromatic N) is 1. The molecule has 1 aromatic rings. The van der Waals surface area contributed by atoms with Gasteiger partial charge in [-0.2, -0.15) is 0 Å². The number of carbonyl (C=O) groups is 2. The van der Waals surface area contributed by atoms with Gasteiger partial charge in [-0.25, -0.2) is 0 Å². The fourth-order valence-corrected chi connectivity index (χ4v) is 3.92. The van der Waals surface area contributed by atoms with Crippen LogP contribution in [0.3, 0.4) is 0 Å². The Labute approximate surface area is 160 Å². The van der Waals surface area contributed by atoms with E-state index >= 15 is 0 Å². The predicted octanol–water partition coefficient (Wildman–Crippen LogP) is 1.10. The molecular weight excluding hydrogens is 342 g/mol. The molecule has 1 saturated carbocycles. The zero-order valence-electron chi connectivity index (χ0n) is 15.6. The van der Waals surface area contributed by atoms with E-state index in [4.69, 9.17) is 16.9 Å². The van der Waals surface area contributed by atoms with E-state index < -0.39 is 12.1 Å². The zero-order chi connectivity index (χ0) is 19.4. The van der Waals surface area contributed by atoms with Gasteiger partial charge in [0.05, 0.1) is 6.04 Å². The standard InChI is InChI=1S/C20H29N5O2/c21-17(14-4-2-1-3-5-14)20(27)25-11-10-16(25)19(26)24-12-13-6-8-15(9-7-13)18(22)23/h6-9,14,16-17H,1-5,10-12,21H2,(H3,22,23)(H,24,26)/t16-,17?/m0/s1. The molecule has 0 bridgehead atoms. The van der Waals surface area contributed by atoms with Gasteiger partial charge in [0.25, 0.3) is 0 Å². The molecule has 1 aromatic carbocycles. The van der Waals surface area contributed by atoms with E-state index in [0.29, 0.717) is 25.1 Å². The fraction of sp³-hybridized carbons (Fsp3) is 0.550. The summed E-state index contributed by atoms with van der Waals surface area (Å²) < 4.78 is 0. The molecule has 7 nitrogen and oxygen atoms in total. The van der Waals surface area contributed by atoms with Gasteiger partial charge in [-0.1, -0.05) is 43.5 Å². The lowest BCUT2D eigenvalue weighted by Gasteiger charge is -2.42. The van der Waals surface area contributed by atoms with Crippen molar-refractivity contribution in [2.24, 2.45) is 17.4 Å². The third kappa shape index (κ3) is 4.47. The number of nitrogens with two attached hydrogens (primary N) is 2. The lowest BCUT2D eigenvalue weighted by atomic mass is 9.83. The van der Waals surface area contributed by atoms with Crippen molar-refractivity contribution in [2.45, 2.75) is 57.2 Å². The molecule has 2 aliphatic rings. The number of hydrogen-bond donors (Lipinski definition) is 4. The van der Waals surface area contributed by atoms with E-state index in [0.717, 1.165) is 31.2 Å². The number of nitrogens with one attached hydrogen (secondary N) is 2. The van der Waals surface area contributed by atoms with Gasteiger partial charge < -0.3 is 21.7 Å². The van der Waals surface area contributed by atoms with Crippen LogP contribution in [0, 0.1) is 11.3 Å². The molecule has 146 valence electrons. The summed E-state index contributed by atoms with van der Waals surface area (Å²) in [6.07, 6.45) is 6.19. The van der Waals surface area contributed by atoms with E-state index in [1.54, 1.807) is 17.0 Å². The highest BCUT2D eigenvalue weighted by atomic mass is 16.2. The van der Waals surface area contributed by atoms with Crippen molar-refractivity contribution in [3.63, 3.8) is 0 Å². The highest BCUT2D eigenvalue weighted by Gasteiger charge is 2.41. The topological polar surface area (TPSA) is 125 Å². The van der Waals surface area contributed by atoms with Crippen molar-refractivity contribution in [1.82, 2.24) is 10.2 Å². The first-order valence-electron chi connectivity index (χ1n) is 9.74. The largest absolute Gasteiger partial charge is 0.384 e. The van der Waals surface area contributed by atoms with E-state index in [1.807, 2.05) is 12.1 Å². The smallest absolute Gasteiger partial charge is 0.243 e. The molecule has 6 N–H and O–H groups in total. The summed E-state index contributed by atoms with van der Waals surface area (Å²) in [7, 11) is 0. The van der Waals surface area contributed by atoms with Crippen LogP contribution in [0.4, 0.5) is 0 Å². The average molecular weight is 371 g/mol. The van der Waals surface area contributed by atoms with Gasteiger partial charge in [-0.05, 0) is 30.7 Å². The van der Waals surface area contributed by atoms with Gasteiger partial charge >= 0.3 is 0 Å². The monoisotopic (exact) mass is 371 g/mol. The second-order valence-corrected chi connectivity index (χ2v) is 7.59. The summed E-state index contributed by atoms with van der Waals surface area (Å²) in [5, 5.41) is 10.3. The van der Waals surface area contributed by atoms with Crippen molar-refractivity contribution >= 4 is 17.6 Å². The fourth-order valence-electron chi connectivity index (χ4n) is 3.92. The Morgan fingerprint density at radius 2 is 1.81 bits per heavy atom. The summed E-state index contributed by atoms with van der Waals surface area (Å²) in [5.74, 6) is 0.0408. The van der Waals surface area contributed by atoms with Crippen LogP contribution in [0.1, 0.15) is 49.7 Å². The molecule has 0 radical (unpaired) electrons. The molecule has 3 rings (SSSR count). The van der Waals surface area contributed by atoms with Gasteiger partial charge in [0, 0.05) is 18.7 Å². The SMILES string of the molecule is N=C(N)c1ccc(CNC(=O)[C@@H]2CCN2C(=O)C(N)C2CCCCC2)cc1. The highest BCUT2D eigenvalue weighted by Crippen LogP contribution is 2.28. The molecule has 0 spiro atoms. The first-order chi connectivity index (χ1) is 13.0. The third-order valence-electron chi connectivity index (χ3n) is 5.78. The molecule has 7 heteroatoms. The van der Waals surface area contributed by atoms with Gasteiger partial charge in [0.2, 0.25) is 11.8 Å². The Bertz CT molecular complexity index is 697. The zero-order valence-corrected chi connectivity index (χ0v) is 15.6. The predicted molar refractivity (Wildman–Crippen MR) is 104 cm³/mol. The molecular formula is C20H29N5O2. The van der Waals surface area contributed by atoms with E-state index in [-0.39, 0.29) is 23.6 Å². The normalized spacial score (nSPS) is 21.2. The van der Waals surface area contributed by atoms with Crippen molar-refractivity contribution in [3.05, 3.63) is 35.4 Å². The molecule has 2 atom stereocenters. The molecule has 2 fully saturated rings. The molecule has 1 heterocycles. The molecule has 0 aromatic heterocycles. The Balaban J connectivity index is 1.51. The first-order valence-corrected chi connectivity index (χ1v) is 9.74. The minimum atomic E-state index is -0.486. The number of nitrogen functional groups attached to an aromatic ring is 1. The Kier molecular flexibility index (Phi) is 6.11. The minimum absolute atomic E-state index is 0.0171. The first kappa shape index (κ1) is 19.4. The van der Waals surface area contributed by atoms with Crippen LogP contribution < -0.4 is 16.8 Å². The van der Waals surface area contributed by atoms with Crippen LogP contribution in [0.5, 0.6) is 0 Å². The molecule has 2 amide bonds. The van der Waals surface area contributed by atoms with Crippen LogP contribution in [0.2, 0.25) is 0 Å². The summed E-state index contributed by atoms with van der Waals surface area (Å²) in [5.41, 5.74) is 13.2. The van der Waals surface area contributed by atoms with Gasteiger partial charge in [-0.15, -0.1) is 0 Å². The summed E-state index contributed by atoms with van der Waals surface area (Å²) in [6.45, 7) is 0.981. The van der Waals surface area contributed by atoms with Gasteiger partial charge in [-0.3, -0.25) is 15.0 Å². The lowest BCUT2D eigenvalue weighted by Crippen LogP contribution is -2.62. The molecule has 27 heavy (non-hydrogen) atoms. The van der Waals surface area contributed by atoms with E-state index in [2.05, 4.69) is 5.32 Å². The Hall–Kier alpha value is -2.41. The summed E-state index contributed by atoms with van der Waals surface area (Å²) in [6, 6.07) is 6.28. The maximum atomic E-state index is 12.7. The Morgan fingerprint density at radius 3 is 2.37 bits per heavy atom. The average Bonchev–Trinajstić information content (AvgIpc) is 2.65. The number of amides is 2. The van der Waals surface area contributed by atoms with E-state index in [9.17, 15) is 9.59 Å². The number of benzene rings is 1. The lowest BCUT2D eigenvalue weighted by molar-refractivity contribution is -0.149. The van der Waals surface area contributed by atoms with Crippen LogP contribution >= 0.6 is 0 Å². The van der Waals surface area contributed by atoms with Crippen molar-refractivity contribution in [2.75, 3.05) is 6.54 Å². The maximum absolute atomic E-state index is 12.7. The number of rotatable bonds is 6. The Morgan fingerprint density at radius 1 is 1.15 bits per heavy atom. The molecule has 1 saturated heterocycles. The van der Waals surface area contributed by atoms with Crippen LogP contribution in [-0.4, -0.2) is 41.2 Å². The van der Waals surface area contributed by atoms with E-state index in [1.165, 1.54) is 6.42 Å². The maximum Gasteiger partial charge on any atom is 0.243 e. The van der Waals surface area contributed by atoms with Crippen molar-refractivity contribution < 1.29 is 9.59 Å². The molecule has 1 aliphatic carbocycles. The van der Waals surface area contributed by atoms with Crippen LogP contribution in [0.15, 0.2) is 24.3 Å². The molecule has 1 aliphatic heterocycles. The van der Waals surface area contributed by atoms with Crippen LogP contribution in [0.25, 0.3) is 0 Å². The number of likely N-dealkylation sites (tertiary alicyclic amines) is 1. The van der Waals surface area contributed by atoms with Crippen molar-refractivity contribution in [3.8, 4) is 0 Å². The highest BCUT2D eigenvalue weighted by molar-refractivity contribution is 5.95. The molecule has 1 unspecified atom stereocenters. The van der Waals surface area contributed by atoms with Gasteiger partial charge in [0.15, 0.2) is 0 Å². The van der Waals surface area contributed by atoms with Crippen LogP contribution in [-0.2, 0) is 16.1 Å². The minimum Gasteiger partial charge on any atom is -0.384 e. The second kappa shape index (κ2) is 8.52.